The van der Waals surface area contributed by atoms with Gasteiger partial charge in [-0.15, -0.1) is 6.58 Å². The Morgan fingerprint density at radius 1 is 1.20 bits per heavy atom. The zero-order valence-corrected chi connectivity index (χ0v) is 16.1. The molecule has 2 atom stereocenters. The largest absolute Gasteiger partial charge is 0.446 e. The summed E-state index contributed by atoms with van der Waals surface area (Å²) in [5.74, 6) is 0. The van der Waals surface area contributed by atoms with Crippen LogP contribution in [0.2, 0.25) is 0 Å². The van der Waals surface area contributed by atoms with Crippen LogP contribution in [0.3, 0.4) is 0 Å². The highest BCUT2D eigenvalue weighted by atomic mass is 79.9. The van der Waals surface area contributed by atoms with E-state index < -0.39 is 0 Å². The molecule has 1 aliphatic rings. The second-order valence-corrected chi connectivity index (χ2v) is 6.81. The van der Waals surface area contributed by atoms with Gasteiger partial charge in [-0.05, 0) is 24.6 Å². The van der Waals surface area contributed by atoms with Crippen molar-refractivity contribution in [2.45, 2.75) is 31.9 Å². The quantitative estimate of drug-likeness (QED) is 0.589. The van der Waals surface area contributed by atoms with E-state index in [4.69, 9.17) is 4.74 Å². The third-order valence-corrected chi connectivity index (χ3v) is 4.64. The highest BCUT2D eigenvalue weighted by Gasteiger charge is 2.30. The summed E-state index contributed by atoms with van der Waals surface area (Å²) < 4.78 is 6.45. The normalized spacial score (nSPS) is 17.8. The van der Waals surface area contributed by atoms with E-state index in [-0.39, 0.29) is 18.2 Å². The first-order chi connectivity index (χ1) is 12.1. The van der Waals surface area contributed by atoms with Crippen LogP contribution in [0.15, 0.2) is 77.8 Å². The van der Waals surface area contributed by atoms with Gasteiger partial charge in [-0.2, -0.15) is 0 Å². The summed E-state index contributed by atoms with van der Waals surface area (Å²) in [6.45, 7) is 6.44. The van der Waals surface area contributed by atoms with Crippen LogP contribution in [0, 0.1) is 0 Å². The van der Waals surface area contributed by atoms with Crippen molar-refractivity contribution in [2.75, 3.05) is 6.54 Å². The number of ether oxygens (including phenoxy) is 1. The molecule has 1 aliphatic heterocycles. The monoisotopic (exact) mass is 401 g/mol. The van der Waals surface area contributed by atoms with Gasteiger partial charge < -0.3 is 9.64 Å². The van der Waals surface area contributed by atoms with E-state index in [9.17, 15) is 4.79 Å². The lowest BCUT2D eigenvalue weighted by Gasteiger charge is -2.35. The van der Waals surface area contributed by atoms with Gasteiger partial charge in [-0.3, -0.25) is 0 Å². The SMILES string of the molecule is C=CCC1CCN(C(C)c2ccc(Br)cc2)C(=O)O1.c1ccccc1. The van der Waals surface area contributed by atoms with Crippen molar-refractivity contribution < 1.29 is 9.53 Å². The molecule has 2 unspecified atom stereocenters. The topological polar surface area (TPSA) is 29.5 Å². The molecule has 2 aromatic rings. The number of carbonyl (C=O) groups is 1. The van der Waals surface area contributed by atoms with Crippen LogP contribution in [0.1, 0.15) is 31.4 Å². The Morgan fingerprint density at radius 2 is 1.76 bits per heavy atom. The standard InChI is InChI=1S/C15H18BrNO2.C6H6/c1-3-4-14-9-10-17(15(18)19-14)11(2)12-5-7-13(16)8-6-12;1-2-4-6-5-3-1/h3,5-8,11,14H,1,4,9-10H2,2H3;1-6H. The van der Waals surface area contributed by atoms with E-state index >= 15 is 0 Å². The first-order valence-corrected chi connectivity index (χ1v) is 9.24. The summed E-state index contributed by atoms with van der Waals surface area (Å²) in [6, 6.07) is 20.1. The fourth-order valence-electron chi connectivity index (χ4n) is 2.65. The summed E-state index contributed by atoms with van der Waals surface area (Å²) in [7, 11) is 0. The van der Waals surface area contributed by atoms with Crippen molar-refractivity contribution in [3.05, 3.63) is 83.4 Å². The predicted octanol–water partition coefficient (Wildman–Crippen LogP) is 5.98. The Kier molecular flexibility index (Phi) is 7.74. The molecule has 3 nitrogen and oxygen atoms in total. The zero-order chi connectivity index (χ0) is 18.1. The fourth-order valence-corrected chi connectivity index (χ4v) is 2.92. The van der Waals surface area contributed by atoms with Crippen LogP contribution in [0.4, 0.5) is 4.79 Å². The summed E-state index contributed by atoms with van der Waals surface area (Å²) >= 11 is 3.41. The van der Waals surface area contributed by atoms with Gasteiger partial charge in [0.2, 0.25) is 0 Å². The number of hydrogen-bond acceptors (Lipinski definition) is 2. The first-order valence-electron chi connectivity index (χ1n) is 8.45. The molecule has 1 heterocycles. The molecule has 0 N–H and O–H groups in total. The minimum Gasteiger partial charge on any atom is -0.446 e. The van der Waals surface area contributed by atoms with Gasteiger partial charge in [0.1, 0.15) is 6.10 Å². The van der Waals surface area contributed by atoms with Crippen molar-refractivity contribution in [1.29, 1.82) is 0 Å². The minimum absolute atomic E-state index is 0.0154. The number of benzene rings is 2. The van der Waals surface area contributed by atoms with E-state index in [1.807, 2.05) is 67.6 Å². The van der Waals surface area contributed by atoms with E-state index in [1.165, 1.54) is 0 Å². The molecule has 1 fully saturated rings. The Morgan fingerprint density at radius 3 is 2.24 bits per heavy atom. The molecule has 1 saturated heterocycles. The Balaban J connectivity index is 0.000000316. The van der Waals surface area contributed by atoms with Crippen molar-refractivity contribution in [2.24, 2.45) is 0 Å². The maximum absolute atomic E-state index is 12.0. The highest BCUT2D eigenvalue weighted by molar-refractivity contribution is 9.10. The first kappa shape index (κ1) is 19.3. The Labute approximate surface area is 158 Å². The lowest BCUT2D eigenvalue weighted by molar-refractivity contribution is 0.0146. The molecule has 0 bridgehead atoms. The van der Waals surface area contributed by atoms with E-state index in [0.717, 1.165) is 29.4 Å². The van der Waals surface area contributed by atoms with Crippen molar-refractivity contribution in [3.63, 3.8) is 0 Å². The lowest BCUT2D eigenvalue weighted by Crippen LogP contribution is -2.43. The molecule has 0 radical (unpaired) electrons. The highest BCUT2D eigenvalue weighted by Crippen LogP contribution is 2.26. The van der Waals surface area contributed by atoms with Gasteiger partial charge in [0.25, 0.3) is 0 Å². The summed E-state index contributed by atoms with van der Waals surface area (Å²) in [5, 5.41) is 0. The number of halogens is 1. The number of nitrogens with zero attached hydrogens (tertiary/aromatic N) is 1. The van der Waals surface area contributed by atoms with E-state index in [0.29, 0.717) is 0 Å². The maximum atomic E-state index is 12.0. The zero-order valence-electron chi connectivity index (χ0n) is 14.5. The van der Waals surface area contributed by atoms with Gasteiger partial charge >= 0.3 is 6.09 Å². The molecule has 0 spiro atoms. The van der Waals surface area contributed by atoms with Crippen LogP contribution in [0.5, 0.6) is 0 Å². The van der Waals surface area contributed by atoms with Crippen molar-refractivity contribution in [1.82, 2.24) is 4.90 Å². The minimum atomic E-state index is -0.228. The molecule has 0 aliphatic carbocycles. The van der Waals surface area contributed by atoms with Crippen LogP contribution in [-0.2, 0) is 4.74 Å². The Bertz CT molecular complexity index is 631. The van der Waals surface area contributed by atoms with Crippen molar-refractivity contribution >= 4 is 22.0 Å². The molecule has 0 aromatic heterocycles. The van der Waals surface area contributed by atoms with Crippen LogP contribution < -0.4 is 0 Å². The number of rotatable bonds is 4. The second kappa shape index (κ2) is 10.0. The fraction of sp³-hybridized carbons (Fsp3) is 0.286. The third kappa shape index (κ3) is 6.05. The lowest BCUT2D eigenvalue weighted by atomic mass is 10.1. The molecular formula is C21H24BrNO2. The maximum Gasteiger partial charge on any atom is 0.410 e. The van der Waals surface area contributed by atoms with E-state index in [1.54, 1.807) is 11.0 Å². The molecule has 132 valence electrons. The van der Waals surface area contributed by atoms with Gasteiger partial charge in [-0.25, -0.2) is 4.79 Å². The molecule has 0 saturated carbocycles. The summed E-state index contributed by atoms with van der Waals surface area (Å²) in [5.41, 5.74) is 1.11. The smallest absolute Gasteiger partial charge is 0.410 e. The van der Waals surface area contributed by atoms with Gasteiger partial charge in [0.05, 0.1) is 6.04 Å². The van der Waals surface area contributed by atoms with Crippen LogP contribution >= 0.6 is 15.9 Å². The van der Waals surface area contributed by atoms with Gasteiger partial charge in [-0.1, -0.05) is 70.5 Å². The third-order valence-electron chi connectivity index (χ3n) is 4.11. The van der Waals surface area contributed by atoms with Crippen LogP contribution in [-0.4, -0.2) is 23.6 Å². The number of hydrogen-bond donors (Lipinski definition) is 0. The van der Waals surface area contributed by atoms with Crippen LogP contribution in [0.25, 0.3) is 0 Å². The predicted molar refractivity (Wildman–Crippen MR) is 105 cm³/mol. The average Bonchev–Trinajstić information content (AvgIpc) is 2.64. The molecule has 25 heavy (non-hydrogen) atoms. The second-order valence-electron chi connectivity index (χ2n) is 5.89. The molecule has 2 aromatic carbocycles. The Hall–Kier alpha value is -2.07. The number of amides is 1. The van der Waals surface area contributed by atoms with E-state index in [2.05, 4.69) is 22.5 Å². The van der Waals surface area contributed by atoms with Gasteiger partial charge in [0.15, 0.2) is 0 Å². The van der Waals surface area contributed by atoms with Gasteiger partial charge in [0, 0.05) is 23.9 Å². The number of carbonyl (C=O) groups excluding carboxylic acids is 1. The van der Waals surface area contributed by atoms with Crippen molar-refractivity contribution in [3.8, 4) is 0 Å². The summed E-state index contributed by atoms with van der Waals surface area (Å²) in [6.07, 6.45) is 3.14. The number of cyclic esters (lactones) is 1. The average molecular weight is 402 g/mol. The molecular weight excluding hydrogens is 378 g/mol. The molecule has 4 heteroatoms. The molecule has 3 rings (SSSR count). The summed E-state index contributed by atoms with van der Waals surface area (Å²) in [4.78, 5) is 13.8. The molecule has 1 amide bonds.